The Bertz CT molecular complexity index is 802. The molecule has 1 aliphatic rings. The molecular weight excluding hydrogens is 353 g/mol. The predicted molar refractivity (Wildman–Crippen MR) is 99.9 cm³/mol. The van der Waals surface area contributed by atoms with E-state index in [1.807, 2.05) is 12.1 Å². The molecule has 140 valence electrons. The third-order valence-corrected chi connectivity index (χ3v) is 5.95. The van der Waals surface area contributed by atoms with E-state index in [-0.39, 0.29) is 17.3 Å². The van der Waals surface area contributed by atoms with Crippen molar-refractivity contribution in [3.63, 3.8) is 0 Å². The quantitative estimate of drug-likeness (QED) is 0.772. The maximum Gasteiger partial charge on any atom is 0.240 e. The molecule has 0 saturated carbocycles. The van der Waals surface area contributed by atoms with Gasteiger partial charge in [-0.3, -0.25) is 4.90 Å². The zero-order chi connectivity index (χ0) is 18.4. The number of hydrogen-bond acceptors (Lipinski definition) is 4. The summed E-state index contributed by atoms with van der Waals surface area (Å²) in [4.78, 5) is 2.61. The van der Waals surface area contributed by atoms with Crippen LogP contribution in [0.15, 0.2) is 53.4 Å². The first-order chi connectivity index (χ1) is 12.5. The molecule has 0 bridgehead atoms. The van der Waals surface area contributed by atoms with Gasteiger partial charge in [-0.15, -0.1) is 0 Å². The van der Waals surface area contributed by atoms with Crippen molar-refractivity contribution in [2.24, 2.45) is 0 Å². The number of nitrogens with zero attached hydrogens (tertiary/aromatic N) is 1. The van der Waals surface area contributed by atoms with E-state index in [0.717, 1.165) is 43.9 Å². The maximum atomic E-state index is 12.9. The van der Waals surface area contributed by atoms with Gasteiger partial charge in [0.2, 0.25) is 10.0 Å². The number of rotatable bonds is 7. The number of hydrogen-bond donors (Lipinski definition) is 2. The fourth-order valence-electron chi connectivity index (χ4n) is 2.97. The summed E-state index contributed by atoms with van der Waals surface area (Å²) >= 11 is 0. The van der Waals surface area contributed by atoms with Gasteiger partial charge in [0.15, 0.2) is 0 Å². The standard InChI is InChI=1S/C19H24FN3O2S/c20-18-5-1-16(2-6-18)9-10-22-26(24,25)19-7-3-17(4-8-19)15-23-13-11-21-12-14-23/h1-8,21-22H,9-15H2. The lowest BCUT2D eigenvalue weighted by atomic mass is 10.1. The van der Waals surface area contributed by atoms with Crippen LogP contribution in [-0.4, -0.2) is 46.0 Å². The summed E-state index contributed by atoms with van der Waals surface area (Å²) in [6.07, 6.45) is 0.514. The third kappa shape index (κ3) is 5.35. The molecule has 2 aromatic carbocycles. The first kappa shape index (κ1) is 19.0. The number of halogens is 1. The molecule has 0 aliphatic carbocycles. The predicted octanol–water partition coefficient (Wildman–Crippen LogP) is 1.75. The van der Waals surface area contributed by atoms with Crippen molar-refractivity contribution in [2.45, 2.75) is 17.9 Å². The number of benzene rings is 2. The Labute approximate surface area is 154 Å². The summed E-state index contributed by atoms with van der Waals surface area (Å²) in [6, 6.07) is 13.1. The van der Waals surface area contributed by atoms with Crippen molar-refractivity contribution in [1.82, 2.24) is 14.9 Å². The highest BCUT2D eigenvalue weighted by Gasteiger charge is 2.14. The van der Waals surface area contributed by atoms with E-state index < -0.39 is 10.0 Å². The summed E-state index contributed by atoms with van der Waals surface area (Å²) < 4.78 is 40.3. The Hall–Kier alpha value is -1.80. The first-order valence-electron chi connectivity index (χ1n) is 8.79. The smallest absolute Gasteiger partial charge is 0.240 e. The fraction of sp³-hybridized carbons (Fsp3) is 0.368. The Morgan fingerprint density at radius 2 is 1.58 bits per heavy atom. The van der Waals surface area contributed by atoms with Gasteiger partial charge in [0.1, 0.15) is 5.82 Å². The lowest BCUT2D eigenvalue weighted by Gasteiger charge is -2.27. The van der Waals surface area contributed by atoms with Crippen LogP contribution in [0.3, 0.4) is 0 Å². The number of piperazine rings is 1. The molecule has 1 fully saturated rings. The van der Waals surface area contributed by atoms with Crippen molar-refractivity contribution < 1.29 is 12.8 Å². The lowest BCUT2D eigenvalue weighted by molar-refractivity contribution is 0.233. The maximum absolute atomic E-state index is 12.9. The van der Waals surface area contributed by atoms with Crippen molar-refractivity contribution in [3.8, 4) is 0 Å². The largest absolute Gasteiger partial charge is 0.314 e. The highest BCUT2D eigenvalue weighted by molar-refractivity contribution is 7.89. The van der Waals surface area contributed by atoms with Crippen LogP contribution in [-0.2, 0) is 23.0 Å². The van der Waals surface area contributed by atoms with Gasteiger partial charge in [-0.25, -0.2) is 17.5 Å². The summed E-state index contributed by atoms with van der Waals surface area (Å²) in [5, 5.41) is 3.32. The van der Waals surface area contributed by atoms with Crippen LogP contribution in [0.5, 0.6) is 0 Å². The van der Waals surface area contributed by atoms with Crippen molar-refractivity contribution in [2.75, 3.05) is 32.7 Å². The van der Waals surface area contributed by atoms with Crippen LogP contribution in [0.4, 0.5) is 4.39 Å². The SMILES string of the molecule is O=S(=O)(NCCc1ccc(F)cc1)c1ccc(CN2CCNCC2)cc1. The van der Waals surface area contributed by atoms with Crippen LogP contribution in [0.2, 0.25) is 0 Å². The van der Waals surface area contributed by atoms with Crippen molar-refractivity contribution in [1.29, 1.82) is 0 Å². The van der Waals surface area contributed by atoms with E-state index in [1.165, 1.54) is 12.1 Å². The zero-order valence-corrected chi connectivity index (χ0v) is 15.4. The number of nitrogens with one attached hydrogen (secondary N) is 2. The van der Waals surface area contributed by atoms with E-state index in [9.17, 15) is 12.8 Å². The monoisotopic (exact) mass is 377 g/mol. The molecule has 1 heterocycles. The molecule has 1 saturated heterocycles. The molecule has 26 heavy (non-hydrogen) atoms. The minimum absolute atomic E-state index is 0.265. The van der Waals surface area contributed by atoms with E-state index in [2.05, 4.69) is 14.9 Å². The second kappa shape index (κ2) is 8.73. The highest BCUT2D eigenvalue weighted by atomic mass is 32.2. The van der Waals surface area contributed by atoms with Crippen LogP contribution in [0.1, 0.15) is 11.1 Å². The van der Waals surface area contributed by atoms with Gasteiger partial charge in [-0.1, -0.05) is 24.3 Å². The zero-order valence-electron chi connectivity index (χ0n) is 14.6. The molecule has 3 rings (SSSR count). The minimum Gasteiger partial charge on any atom is -0.314 e. The minimum atomic E-state index is -3.54. The molecule has 0 unspecified atom stereocenters. The third-order valence-electron chi connectivity index (χ3n) is 4.47. The molecule has 2 N–H and O–H groups in total. The summed E-state index contributed by atoms with van der Waals surface area (Å²) in [7, 11) is -3.54. The fourth-order valence-corrected chi connectivity index (χ4v) is 4.00. The molecule has 7 heteroatoms. The molecule has 2 aromatic rings. The second-order valence-electron chi connectivity index (χ2n) is 6.44. The lowest BCUT2D eigenvalue weighted by Crippen LogP contribution is -2.42. The van der Waals surface area contributed by atoms with Gasteiger partial charge in [-0.05, 0) is 41.8 Å². The molecular formula is C19H24FN3O2S. The molecule has 0 aromatic heterocycles. The molecule has 0 atom stereocenters. The van der Waals surface area contributed by atoms with Crippen LogP contribution in [0.25, 0.3) is 0 Å². The summed E-state index contributed by atoms with van der Waals surface area (Å²) in [5.41, 5.74) is 2.00. The van der Waals surface area contributed by atoms with Gasteiger partial charge >= 0.3 is 0 Å². The summed E-state index contributed by atoms with van der Waals surface area (Å²) in [5.74, 6) is -0.296. The Morgan fingerprint density at radius 1 is 0.962 bits per heavy atom. The Balaban J connectivity index is 1.53. The van der Waals surface area contributed by atoms with Gasteiger partial charge in [-0.2, -0.15) is 0 Å². The van der Waals surface area contributed by atoms with E-state index >= 15 is 0 Å². The molecule has 5 nitrogen and oxygen atoms in total. The normalized spacial score (nSPS) is 15.9. The topological polar surface area (TPSA) is 61.4 Å². The van der Waals surface area contributed by atoms with E-state index in [1.54, 1.807) is 24.3 Å². The number of sulfonamides is 1. The van der Waals surface area contributed by atoms with Gasteiger partial charge in [0, 0.05) is 39.3 Å². The van der Waals surface area contributed by atoms with E-state index in [4.69, 9.17) is 0 Å². The Kier molecular flexibility index (Phi) is 6.37. The highest BCUT2D eigenvalue weighted by Crippen LogP contribution is 2.13. The Morgan fingerprint density at radius 3 is 2.23 bits per heavy atom. The van der Waals surface area contributed by atoms with Crippen LogP contribution < -0.4 is 10.0 Å². The average molecular weight is 377 g/mol. The van der Waals surface area contributed by atoms with E-state index in [0.29, 0.717) is 6.42 Å². The molecule has 0 radical (unpaired) electrons. The van der Waals surface area contributed by atoms with Gasteiger partial charge < -0.3 is 5.32 Å². The van der Waals surface area contributed by atoms with Crippen molar-refractivity contribution in [3.05, 3.63) is 65.5 Å². The first-order valence-corrected chi connectivity index (χ1v) is 10.3. The van der Waals surface area contributed by atoms with Crippen molar-refractivity contribution >= 4 is 10.0 Å². The summed E-state index contributed by atoms with van der Waals surface area (Å²) in [6.45, 7) is 5.10. The van der Waals surface area contributed by atoms with Crippen LogP contribution >= 0.6 is 0 Å². The molecule has 0 spiro atoms. The van der Waals surface area contributed by atoms with Crippen LogP contribution in [0, 0.1) is 5.82 Å². The molecule has 0 amide bonds. The van der Waals surface area contributed by atoms with Gasteiger partial charge in [0.05, 0.1) is 4.90 Å². The van der Waals surface area contributed by atoms with Gasteiger partial charge in [0.25, 0.3) is 0 Å². The second-order valence-corrected chi connectivity index (χ2v) is 8.21. The average Bonchev–Trinajstić information content (AvgIpc) is 2.65. The molecule has 1 aliphatic heterocycles.